The standard InChI is InChI=1S/C11H19N3O3S2/c1-2-19(16,17)9-10(12)13-18-11(9)14-5-3-8(7-14)4-6-15/h8,15H,2-7H2,1H3,(H2,12,13). The summed E-state index contributed by atoms with van der Waals surface area (Å²) < 4.78 is 28.2. The van der Waals surface area contributed by atoms with Gasteiger partial charge in [0.05, 0.1) is 5.75 Å². The number of nitrogens with two attached hydrogens (primary N) is 1. The lowest BCUT2D eigenvalue weighted by Crippen LogP contribution is -2.21. The Labute approximate surface area is 117 Å². The molecule has 19 heavy (non-hydrogen) atoms. The Balaban J connectivity index is 2.28. The van der Waals surface area contributed by atoms with E-state index in [1.54, 1.807) is 6.92 Å². The van der Waals surface area contributed by atoms with Crippen molar-refractivity contribution in [3.8, 4) is 0 Å². The highest BCUT2D eigenvalue weighted by Gasteiger charge is 2.31. The summed E-state index contributed by atoms with van der Waals surface area (Å²) in [5.74, 6) is 0.536. The van der Waals surface area contributed by atoms with Crippen molar-refractivity contribution in [2.24, 2.45) is 5.92 Å². The van der Waals surface area contributed by atoms with Gasteiger partial charge in [-0.2, -0.15) is 4.37 Å². The molecule has 1 unspecified atom stereocenters. The molecule has 0 aliphatic carbocycles. The molecule has 0 aromatic carbocycles. The van der Waals surface area contributed by atoms with E-state index < -0.39 is 9.84 Å². The monoisotopic (exact) mass is 305 g/mol. The number of hydrogen-bond donors (Lipinski definition) is 2. The molecule has 1 aromatic heterocycles. The Morgan fingerprint density at radius 3 is 2.95 bits per heavy atom. The number of aliphatic hydroxyl groups is 1. The molecule has 1 fully saturated rings. The van der Waals surface area contributed by atoms with Crippen LogP contribution in [0.3, 0.4) is 0 Å². The first-order chi connectivity index (χ1) is 8.99. The van der Waals surface area contributed by atoms with E-state index in [4.69, 9.17) is 10.8 Å². The van der Waals surface area contributed by atoms with Crippen LogP contribution in [0.5, 0.6) is 0 Å². The second-order valence-corrected chi connectivity index (χ2v) is 7.69. The lowest BCUT2D eigenvalue weighted by Gasteiger charge is -2.17. The second-order valence-electron chi connectivity index (χ2n) is 4.72. The highest BCUT2D eigenvalue weighted by Crippen LogP contribution is 2.38. The Hall–Kier alpha value is -0.860. The number of anilines is 2. The second kappa shape index (κ2) is 5.64. The van der Waals surface area contributed by atoms with Crippen LogP contribution >= 0.6 is 11.5 Å². The summed E-state index contributed by atoms with van der Waals surface area (Å²) in [6.45, 7) is 3.32. The fraction of sp³-hybridized carbons (Fsp3) is 0.727. The summed E-state index contributed by atoms with van der Waals surface area (Å²) in [6.07, 6.45) is 1.71. The van der Waals surface area contributed by atoms with Crippen LogP contribution in [-0.4, -0.2) is 43.3 Å². The lowest BCUT2D eigenvalue weighted by atomic mass is 10.1. The molecule has 2 rings (SSSR count). The fourth-order valence-electron chi connectivity index (χ4n) is 2.36. The average Bonchev–Trinajstić information content (AvgIpc) is 2.96. The van der Waals surface area contributed by atoms with Crippen LogP contribution in [0.15, 0.2) is 4.90 Å². The molecule has 2 heterocycles. The van der Waals surface area contributed by atoms with Crippen molar-refractivity contribution in [1.29, 1.82) is 0 Å². The summed E-state index contributed by atoms with van der Waals surface area (Å²) in [5.41, 5.74) is 5.72. The van der Waals surface area contributed by atoms with Gasteiger partial charge >= 0.3 is 0 Å². The zero-order valence-electron chi connectivity index (χ0n) is 10.9. The van der Waals surface area contributed by atoms with Crippen LogP contribution in [0.2, 0.25) is 0 Å². The van der Waals surface area contributed by atoms with E-state index >= 15 is 0 Å². The number of rotatable bonds is 5. The van der Waals surface area contributed by atoms with Gasteiger partial charge in [-0.15, -0.1) is 0 Å². The Morgan fingerprint density at radius 2 is 2.32 bits per heavy atom. The smallest absolute Gasteiger partial charge is 0.184 e. The molecular weight excluding hydrogens is 286 g/mol. The highest BCUT2D eigenvalue weighted by molar-refractivity contribution is 7.91. The molecule has 0 radical (unpaired) electrons. The van der Waals surface area contributed by atoms with Gasteiger partial charge in [0.15, 0.2) is 15.7 Å². The zero-order valence-corrected chi connectivity index (χ0v) is 12.5. The minimum absolute atomic E-state index is 0.0243. The number of sulfone groups is 1. The molecule has 0 bridgehead atoms. The first-order valence-electron chi connectivity index (χ1n) is 6.33. The molecule has 3 N–H and O–H groups in total. The van der Waals surface area contributed by atoms with Crippen LogP contribution in [0, 0.1) is 5.92 Å². The van der Waals surface area contributed by atoms with E-state index in [-0.39, 0.29) is 23.1 Å². The Bertz CT molecular complexity index is 541. The van der Waals surface area contributed by atoms with Gasteiger partial charge in [-0.05, 0) is 30.3 Å². The SMILES string of the molecule is CCS(=O)(=O)c1c(N)nsc1N1CCC(CCO)C1. The number of hydrogen-bond acceptors (Lipinski definition) is 7. The largest absolute Gasteiger partial charge is 0.396 e. The number of aliphatic hydroxyl groups excluding tert-OH is 1. The quantitative estimate of drug-likeness (QED) is 0.832. The maximum Gasteiger partial charge on any atom is 0.184 e. The van der Waals surface area contributed by atoms with E-state index in [1.807, 2.05) is 4.90 Å². The third-order valence-corrected chi connectivity index (χ3v) is 6.30. The van der Waals surface area contributed by atoms with E-state index in [1.165, 1.54) is 0 Å². The molecule has 8 heteroatoms. The zero-order chi connectivity index (χ0) is 14.0. The predicted molar refractivity (Wildman–Crippen MR) is 76.3 cm³/mol. The van der Waals surface area contributed by atoms with Crippen molar-refractivity contribution < 1.29 is 13.5 Å². The van der Waals surface area contributed by atoms with E-state index in [2.05, 4.69) is 4.37 Å². The third-order valence-electron chi connectivity index (χ3n) is 3.46. The van der Waals surface area contributed by atoms with Crippen LogP contribution < -0.4 is 10.6 Å². The molecular formula is C11H19N3O3S2. The van der Waals surface area contributed by atoms with E-state index in [9.17, 15) is 8.42 Å². The highest BCUT2D eigenvalue weighted by atomic mass is 32.2. The van der Waals surface area contributed by atoms with Gasteiger partial charge in [0, 0.05) is 19.7 Å². The van der Waals surface area contributed by atoms with Gasteiger partial charge in [-0.1, -0.05) is 6.92 Å². The van der Waals surface area contributed by atoms with Gasteiger partial charge in [0.2, 0.25) is 0 Å². The maximum atomic E-state index is 12.1. The Morgan fingerprint density at radius 1 is 1.58 bits per heavy atom. The van der Waals surface area contributed by atoms with Gasteiger partial charge in [-0.3, -0.25) is 0 Å². The van der Waals surface area contributed by atoms with Crippen LogP contribution in [0.1, 0.15) is 19.8 Å². The van der Waals surface area contributed by atoms with Crippen molar-refractivity contribution in [2.75, 3.05) is 36.1 Å². The number of nitrogen functional groups attached to an aromatic ring is 1. The number of aromatic nitrogens is 1. The van der Waals surface area contributed by atoms with Crippen molar-refractivity contribution >= 4 is 32.2 Å². The first-order valence-corrected chi connectivity index (χ1v) is 8.75. The van der Waals surface area contributed by atoms with Crippen LogP contribution in [-0.2, 0) is 9.84 Å². The van der Waals surface area contributed by atoms with E-state index in [0.717, 1.165) is 37.5 Å². The molecule has 1 saturated heterocycles. The predicted octanol–water partition coefficient (Wildman–Crippen LogP) is 0.728. The third kappa shape index (κ3) is 2.85. The van der Waals surface area contributed by atoms with Gasteiger partial charge in [0.1, 0.15) is 9.90 Å². The Kier molecular flexibility index (Phi) is 4.32. The fourth-order valence-corrected chi connectivity index (χ4v) is 4.70. The summed E-state index contributed by atoms with van der Waals surface area (Å²) >= 11 is 1.15. The van der Waals surface area contributed by atoms with Crippen molar-refractivity contribution in [2.45, 2.75) is 24.7 Å². The summed E-state index contributed by atoms with van der Waals surface area (Å²) in [5, 5.41) is 9.62. The summed E-state index contributed by atoms with van der Waals surface area (Å²) in [4.78, 5) is 2.21. The van der Waals surface area contributed by atoms with Crippen molar-refractivity contribution in [1.82, 2.24) is 4.37 Å². The van der Waals surface area contributed by atoms with Gasteiger partial charge < -0.3 is 15.7 Å². The normalized spacial score (nSPS) is 20.1. The summed E-state index contributed by atoms with van der Waals surface area (Å²) in [7, 11) is -3.35. The van der Waals surface area contributed by atoms with Gasteiger partial charge in [0.25, 0.3) is 0 Å². The van der Waals surface area contributed by atoms with Crippen molar-refractivity contribution in [3.63, 3.8) is 0 Å². The minimum Gasteiger partial charge on any atom is -0.396 e. The molecule has 1 aliphatic rings. The summed E-state index contributed by atoms with van der Waals surface area (Å²) in [6, 6.07) is 0. The molecule has 1 aliphatic heterocycles. The molecule has 0 spiro atoms. The maximum absolute atomic E-state index is 12.1. The molecule has 1 atom stereocenters. The van der Waals surface area contributed by atoms with Crippen LogP contribution in [0.25, 0.3) is 0 Å². The molecule has 108 valence electrons. The molecule has 1 aromatic rings. The van der Waals surface area contributed by atoms with E-state index in [0.29, 0.717) is 10.9 Å². The molecule has 0 amide bonds. The molecule has 6 nitrogen and oxygen atoms in total. The van der Waals surface area contributed by atoms with Crippen LogP contribution in [0.4, 0.5) is 10.8 Å². The van der Waals surface area contributed by atoms with Crippen molar-refractivity contribution in [3.05, 3.63) is 0 Å². The van der Waals surface area contributed by atoms with Gasteiger partial charge in [-0.25, -0.2) is 8.42 Å². The molecule has 0 saturated carbocycles. The minimum atomic E-state index is -3.35. The average molecular weight is 305 g/mol. The topological polar surface area (TPSA) is 96.5 Å². The lowest BCUT2D eigenvalue weighted by molar-refractivity contribution is 0.263. The first kappa shape index (κ1) is 14.5. The number of nitrogens with zero attached hydrogens (tertiary/aromatic N) is 2.